The van der Waals surface area contributed by atoms with Crippen LogP contribution in [0.15, 0.2) is 12.1 Å². The van der Waals surface area contributed by atoms with Crippen molar-refractivity contribution in [2.75, 3.05) is 0 Å². The molecule has 1 heterocycles. The van der Waals surface area contributed by atoms with Crippen molar-refractivity contribution in [3.8, 4) is 0 Å². The third kappa shape index (κ3) is 1.95. The lowest BCUT2D eigenvalue weighted by Crippen LogP contribution is -2.12. The van der Waals surface area contributed by atoms with Gasteiger partial charge in [-0.3, -0.25) is 9.78 Å². The average molecular weight is 274 g/mol. The number of carbonyl (C=O) groups is 1. The molecule has 2 aromatic rings. The molecule has 1 aliphatic rings. The molecule has 1 aromatic heterocycles. The fraction of sp³-hybridized carbons (Fsp3) is 0.375. The minimum Gasteiger partial charge on any atom is -0.294 e. The summed E-state index contributed by atoms with van der Waals surface area (Å²) in [6.45, 7) is 3.62. The molecule has 0 saturated carbocycles. The average Bonchev–Trinajstić information content (AvgIpc) is 2.40. The van der Waals surface area contributed by atoms with E-state index in [0.29, 0.717) is 5.02 Å². The van der Waals surface area contributed by atoms with Crippen molar-refractivity contribution in [2.45, 2.75) is 39.5 Å². The standard InChI is InChI=1S/C16H16ClNO/c1-9-13(17)8-7-12-15(10(2)19)11-5-3-4-6-14(11)18-16(9)12/h7-8H,3-6H2,1-2H3. The molecule has 3 heteroatoms. The molecule has 1 aromatic carbocycles. The summed E-state index contributed by atoms with van der Waals surface area (Å²) in [5, 5.41) is 1.67. The summed E-state index contributed by atoms with van der Waals surface area (Å²) < 4.78 is 0. The highest BCUT2D eigenvalue weighted by Crippen LogP contribution is 2.33. The van der Waals surface area contributed by atoms with Crippen molar-refractivity contribution in [3.05, 3.63) is 39.5 Å². The lowest BCUT2D eigenvalue weighted by Gasteiger charge is -2.20. The topological polar surface area (TPSA) is 30.0 Å². The molecular weight excluding hydrogens is 258 g/mol. The van der Waals surface area contributed by atoms with Crippen molar-refractivity contribution >= 4 is 28.3 Å². The van der Waals surface area contributed by atoms with Crippen LogP contribution in [0.4, 0.5) is 0 Å². The molecule has 0 spiro atoms. The summed E-state index contributed by atoms with van der Waals surface area (Å²) in [5.41, 5.74) is 4.97. The number of hydrogen-bond donors (Lipinski definition) is 0. The van der Waals surface area contributed by atoms with Crippen molar-refractivity contribution < 1.29 is 4.79 Å². The number of nitrogens with zero attached hydrogens (tertiary/aromatic N) is 1. The molecule has 0 saturated heterocycles. The van der Waals surface area contributed by atoms with Crippen LogP contribution < -0.4 is 0 Å². The van der Waals surface area contributed by atoms with Gasteiger partial charge in [-0.2, -0.15) is 0 Å². The van der Waals surface area contributed by atoms with Gasteiger partial charge in [0.15, 0.2) is 5.78 Å². The molecule has 0 bridgehead atoms. The normalized spacial score (nSPS) is 14.5. The second-order valence-corrected chi connectivity index (χ2v) is 5.65. The number of Topliss-reactive ketones (excluding diaryl/α,β-unsaturated/α-hetero) is 1. The number of benzene rings is 1. The van der Waals surface area contributed by atoms with E-state index in [2.05, 4.69) is 0 Å². The largest absolute Gasteiger partial charge is 0.294 e. The van der Waals surface area contributed by atoms with Gasteiger partial charge < -0.3 is 0 Å². The van der Waals surface area contributed by atoms with E-state index < -0.39 is 0 Å². The number of carbonyl (C=O) groups excluding carboxylic acids is 1. The highest BCUT2D eigenvalue weighted by atomic mass is 35.5. The summed E-state index contributed by atoms with van der Waals surface area (Å²) in [6.07, 6.45) is 4.24. The number of fused-ring (bicyclic) bond motifs is 2. The molecule has 0 unspecified atom stereocenters. The minimum absolute atomic E-state index is 0.132. The number of rotatable bonds is 1. The minimum atomic E-state index is 0.132. The van der Waals surface area contributed by atoms with E-state index in [4.69, 9.17) is 16.6 Å². The first-order chi connectivity index (χ1) is 9.09. The first-order valence-corrected chi connectivity index (χ1v) is 7.09. The zero-order chi connectivity index (χ0) is 13.6. The van der Waals surface area contributed by atoms with Gasteiger partial charge in [0.2, 0.25) is 0 Å². The van der Waals surface area contributed by atoms with Crippen molar-refractivity contribution in [3.63, 3.8) is 0 Å². The van der Waals surface area contributed by atoms with E-state index in [0.717, 1.165) is 59.0 Å². The Kier molecular flexibility index (Phi) is 3.06. The molecule has 0 N–H and O–H groups in total. The SMILES string of the molecule is CC(=O)c1c2c(nc3c(C)c(Cl)ccc13)CCCC2. The van der Waals surface area contributed by atoms with Gasteiger partial charge >= 0.3 is 0 Å². The second-order valence-electron chi connectivity index (χ2n) is 5.24. The zero-order valence-corrected chi connectivity index (χ0v) is 12.0. The number of aryl methyl sites for hydroxylation is 2. The Bertz CT molecular complexity index is 691. The highest BCUT2D eigenvalue weighted by molar-refractivity contribution is 6.32. The molecule has 3 rings (SSSR count). The van der Waals surface area contributed by atoms with Crippen LogP contribution in [0, 0.1) is 6.92 Å². The van der Waals surface area contributed by atoms with E-state index in [9.17, 15) is 4.79 Å². The maximum absolute atomic E-state index is 12.1. The van der Waals surface area contributed by atoms with Crippen LogP contribution in [0.3, 0.4) is 0 Å². The van der Waals surface area contributed by atoms with Crippen LogP contribution in [0.1, 0.15) is 46.9 Å². The molecular formula is C16H16ClNO. The molecule has 0 fully saturated rings. The highest BCUT2D eigenvalue weighted by Gasteiger charge is 2.21. The summed E-state index contributed by atoms with van der Waals surface area (Å²) in [4.78, 5) is 16.8. The van der Waals surface area contributed by atoms with Crippen molar-refractivity contribution in [1.29, 1.82) is 0 Å². The molecule has 0 aliphatic heterocycles. The number of halogens is 1. The third-order valence-electron chi connectivity index (χ3n) is 3.97. The van der Waals surface area contributed by atoms with E-state index in [-0.39, 0.29) is 5.78 Å². The molecule has 1 aliphatic carbocycles. The molecule has 0 radical (unpaired) electrons. The summed E-state index contributed by atoms with van der Waals surface area (Å²) in [6, 6.07) is 3.80. The van der Waals surface area contributed by atoms with Crippen molar-refractivity contribution in [2.24, 2.45) is 0 Å². The van der Waals surface area contributed by atoms with Crippen molar-refractivity contribution in [1.82, 2.24) is 4.98 Å². The van der Waals surface area contributed by atoms with E-state index >= 15 is 0 Å². The van der Waals surface area contributed by atoms with Gasteiger partial charge in [0.25, 0.3) is 0 Å². The predicted molar refractivity (Wildman–Crippen MR) is 78.1 cm³/mol. The van der Waals surface area contributed by atoms with Crippen LogP contribution >= 0.6 is 11.6 Å². The summed E-state index contributed by atoms with van der Waals surface area (Å²) in [5.74, 6) is 0.132. The smallest absolute Gasteiger partial charge is 0.160 e. The van der Waals surface area contributed by atoms with Crippen LogP contribution in [-0.4, -0.2) is 10.8 Å². The van der Waals surface area contributed by atoms with Gasteiger partial charge in [-0.25, -0.2) is 0 Å². The monoisotopic (exact) mass is 273 g/mol. The number of pyridine rings is 1. The molecule has 0 amide bonds. The van der Waals surface area contributed by atoms with Gasteiger partial charge in [-0.15, -0.1) is 0 Å². The fourth-order valence-corrected chi connectivity index (χ4v) is 3.16. The van der Waals surface area contributed by atoms with Gasteiger partial charge in [-0.05, 0) is 56.7 Å². The molecule has 2 nitrogen and oxygen atoms in total. The number of hydrogen-bond acceptors (Lipinski definition) is 2. The molecule has 0 atom stereocenters. The predicted octanol–water partition coefficient (Wildman–Crippen LogP) is 4.28. The van der Waals surface area contributed by atoms with Gasteiger partial charge in [0.1, 0.15) is 0 Å². The quantitative estimate of drug-likeness (QED) is 0.726. The van der Waals surface area contributed by atoms with E-state index in [1.165, 1.54) is 0 Å². The van der Waals surface area contributed by atoms with Crippen LogP contribution in [0.25, 0.3) is 10.9 Å². The first kappa shape index (κ1) is 12.6. The summed E-state index contributed by atoms with van der Waals surface area (Å²) >= 11 is 6.18. The van der Waals surface area contributed by atoms with E-state index in [1.54, 1.807) is 6.92 Å². The van der Waals surface area contributed by atoms with E-state index in [1.807, 2.05) is 19.1 Å². The number of aromatic nitrogens is 1. The maximum Gasteiger partial charge on any atom is 0.160 e. The van der Waals surface area contributed by atoms with Gasteiger partial charge in [-0.1, -0.05) is 17.7 Å². The van der Waals surface area contributed by atoms with Gasteiger partial charge in [0.05, 0.1) is 5.52 Å². The fourth-order valence-electron chi connectivity index (χ4n) is 3.00. The zero-order valence-electron chi connectivity index (χ0n) is 11.2. The third-order valence-corrected chi connectivity index (χ3v) is 4.38. The van der Waals surface area contributed by atoms with Crippen LogP contribution in [0.2, 0.25) is 5.02 Å². The van der Waals surface area contributed by atoms with Crippen LogP contribution in [0.5, 0.6) is 0 Å². The Labute approximate surface area is 117 Å². The molecule has 19 heavy (non-hydrogen) atoms. The lowest BCUT2D eigenvalue weighted by molar-refractivity contribution is 0.101. The first-order valence-electron chi connectivity index (χ1n) is 6.71. The Hall–Kier alpha value is -1.41. The Balaban J connectivity index is 2.45. The maximum atomic E-state index is 12.1. The number of ketones is 1. The molecule has 98 valence electrons. The van der Waals surface area contributed by atoms with Crippen LogP contribution in [-0.2, 0) is 12.8 Å². The van der Waals surface area contributed by atoms with Gasteiger partial charge in [0, 0.05) is 21.7 Å². The Morgan fingerprint density at radius 2 is 2.00 bits per heavy atom. The summed E-state index contributed by atoms with van der Waals surface area (Å²) in [7, 11) is 0. The second kappa shape index (κ2) is 4.61. The Morgan fingerprint density at radius 1 is 1.26 bits per heavy atom. The lowest BCUT2D eigenvalue weighted by atomic mass is 9.88. The Morgan fingerprint density at radius 3 is 2.74 bits per heavy atom.